The third-order valence-corrected chi connectivity index (χ3v) is 15.4. The fraction of sp³-hybridized carbons (Fsp3) is 0. The summed E-state index contributed by atoms with van der Waals surface area (Å²) in [5, 5.41) is 7.56. The molecule has 0 unspecified atom stereocenters. The second-order valence-corrected chi connectivity index (χ2v) is 19.6. The van der Waals surface area contributed by atoms with Crippen LogP contribution in [-0.2, 0) is 0 Å². The van der Waals surface area contributed by atoms with Crippen molar-refractivity contribution < 1.29 is 0 Å². The average molecular weight is 934 g/mol. The SMILES string of the molecule is c1ccc(-c2ccc(-c3cc(-c4ccc(-c5ccccc5)cc4)nc(-c4ccc(-n5c6ccccc6c6cc(-c7cccc8c(-c9ccc%10sc%11ccccc%11c%10c9)cccc78)ccc65)cc4)n3)cc2)cc1. The van der Waals surface area contributed by atoms with Gasteiger partial charge >= 0.3 is 0 Å². The number of aromatic nitrogens is 3. The summed E-state index contributed by atoms with van der Waals surface area (Å²) in [7, 11) is 0. The highest BCUT2D eigenvalue weighted by molar-refractivity contribution is 7.25. The summed E-state index contributed by atoms with van der Waals surface area (Å²) >= 11 is 1.86. The van der Waals surface area contributed by atoms with Gasteiger partial charge < -0.3 is 4.57 Å². The zero-order valence-corrected chi connectivity index (χ0v) is 39.9. The molecular weight excluding hydrogens is 891 g/mol. The zero-order chi connectivity index (χ0) is 47.5. The van der Waals surface area contributed by atoms with Crippen LogP contribution in [0.15, 0.2) is 261 Å². The maximum absolute atomic E-state index is 5.24. The van der Waals surface area contributed by atoms with Crippen molar-refractivity contribution in [1.82, 2.24) is 14.5 Å². The van der Waals surface area contributed by atoms with E-state index in [9.17, 15) is 0 Å². The molecule has 11 aromatic carbocycles. The fourth-order valence-electron chi connectivity index (χ4n) is 10.7. The minimum Gasteiger partial charge on any atom is -0.309 e. The van der Waals surface area contributed by atoms with E-state index in [1.54, 1.807) is 0 Å². The van der Waals surface area contributed by atoms with Gasteiger partial charge in [0.2, 0.25) is 0 Å². The molecule has 0 fully saturated rings. The van der Waals surface area contributed by atoms with Crippen molar-refractivity contribution in [1.29, 1.82) is 0 Å². The second kappa shape index (κ2) is 17.3. The number of hydrogen-bond donors (Lipinski definition) is 0. The van der Waals surface area contributed by atoms with Crippen LogP contribution >= 0.6 is 11.3 Å². The first-order valence-electron chi connectivity index (χ1n) is 24.5. The zero-order valence-electron chi connectivity index (χ0n) is 39.1. The fourth-order valence-corrected chi connectivity index (χ4v) is 11.8. The van der Waals surface area contributed by atoms with Crippen molar-refractivity contribution in [2.24, 2.45) is 0 Å². The maximum atomic E-state index is 5.24. The van der Waals surface area contributed by atoms with Gasteiger partial charge in [0.25, 0.3) is 0 Å². The number of thiophene rings is 1. The van der Waals surface area contributed by atoms with Crippen molar-refractivity contribution in [2.45, 2.75) is 0 Å². The number of para-hydroxylation sites is 1. The molecule has 3 aromatic heterocycles. The van der Waals surface area contributed by atoms with Gasteiger partial charge in [-0.2, -0.15) is 0 Å². The number of hydrogen-bond acceptors (Lipinski definition) is 3. The van der Waals surface area contributed by atoms with Gasteiger partial charge in [0.05, 0.1) is 22.4 Å². The van der Waals surface area contributed by atoms with Gasteiger partial charge in [0.15, 0.2) is 5.82 Å². The summed E-state index contributed by atoms with van der Waals surface area (Å²) < 4.78 is 5.03. The molecule has 0 radical (unpaired) electrons. The van der Waals surface area contributed by atoms with Crippen LogP contribution in [0.3, 0.4) is 0 Å². The van der Waals surface area contributed by atoms with E-state index in [4.69, 9.17) is 9.97 Å². The van der Waals surface area contributed by atoms with Crippen LogP contribution in [0.4, 0.5) is 0 Å². The standard InChI is InChI=1S/C68H43N3S/c1-3-13-44(14-4-1)46-25-29-48(30-26-46)62-43-63(49-31-27-47(28-32-49)45-15-5-2-6-16-45)70-68(69-62)50-33-37-53(38-34-50)71-64-23-9-7-17-58(64)60-41-51(35-39-65(60)71)54-19-11-22-57-55(20-12-21-56(54)57)52-36-40-67-61(42-52)59-18-8-10-24-66(59)72-67/h1-43H. The molecule has 0 aliphatic heterocycles. The lowest BCUT2D eigenvalue weighted by atomic mass is 9.92. The highest BCUT2D eigenvalue weighted by Gasteiger charge is 2.17. The monoisotopic (exact) mass is 933 g/mol. The van der Waals surface area contributed by atoms with Crippen LogP contribution < -0.4 is 0 Å². The lowest BCUT2D eigenvalue weighted by Crippen LogP contribution is -1.97. The van der Waals surface area contributed by atoms with E-state index >= 15 is 0 Å². The summed E-state index contributed by atoms with van der Waals surface area (Å²) in [5.74, 6) is 0.680. The van der Waals surface area contributed by atoms with Crippen molar-refractivity contribution in [3.05, 3.63) is 261 Å². The van der Waals surface area contributed by atoms with E-state index in [0.717, 1.165) is 44.8 Å². The predicted octanol–water partition coefficient (Wildman–Crippen LogP) is 18.8. The van der Waals surface area contributed by atoms with E-state index in [-0.39, 0.29) is 0 Å². The first kappa shape index (κ1) is 41.7. The second-order valence-electron chi connectivity index (χ2n) is 18.5. The minimum absolute atomic E-state index is 0.680. The van der Waals surface area contributed by atoms with E-state index in [0.29, 0.717) is 5.82 Å². The van der Waals surface area contributed by atoms with Crippen molar-refractivity contribution >= 4 is 64.1 Å². The third kappa shape index (κ3) is 7.28. The quantitative estimate of drug-likeness (QED) is 0.152. The summed E-state index contributed by atoms with van der Waals surface area (Å²) in [6, 6.07) is 94.1. The molecule has 0 atom stereocenters. The first-order valence-corrected chi connectivity index (χ1v) is 25.3. The third-order valence-electron chi connectivity index (χ3n) is 14.3. The van der Waals surface area contributed by atoms with Gasteiger partial charge in [-0.15, -0.1) is 11.3 Å². The van der Waals surface area contributed by atoms with Crippen LogP contribution in [0.2, 0.25) is 0 Å². The Morgan fingerprint density at radius 2 is 0.708 bits per heavy atom. The van der Waals surface area contributed by atoms with Crippen LogP contribution in [-0.4, -0.2) is 14.5 Å². The predicted molar refractivity (Wildman–Crippen MR) is 305 cm³/mol. The Labute approximate surface area is 421 Å². The highest BCUT2D eigenvalue weighted by Crippen LogP contribution is 2.42. The Morgan fingerprint density at radius 1 is 0.264 bits per heavy atom. The van der Waals surface area contributed by atoms with Crippen LogP contribution in [0.25, 0.3) is 137 Å². The Kier molecular flexibility index (Phi) is 10.0. The molecule has 0 amide bonds. The molecule has 0 bridgehead atoms. The Hall–Kier alpha value is -9.22. The summed E-state index contributed by atoms with van der Waals surface area (Å²) in [6.07, 6.45) is 0. The molecule has 336 valence electrons. The largest absolute Gasteiger partial charge is 0.309 e. The van der Waals surface area contributed by atoms with E-state index in [1.165, 1.54) is 86.2 Å². The van der Waals surface area contributed by atoms with Gasteiger partial charge in [-0.05, 0) is 122 Å². The molecule has 3 nitrogen and oxygen atoms in total. The van der Waals surface area contributed by atoms with E-state index < -0.39 is 0 Å². The molecule has 0 aliphatic rings. The number of nitrogens with zero attached hydrogens (tertiary/aromatic N) is 3. The van der Waals surface area contributed by atoms with E-state index in [1.807, 2.05) is 11.3 Å². The van der Waals surface area contributed by atoms with Crippen LogP contribution in [0.5, 0.6) is 0 Å². The Balaban J connectivity index is 0.835. The molecular formula is C68H43N3S. The average Bonchev–Trinajstić information content (AvgIpc) is 4.00. The van der Waals surface area contributed by atoms with E-state index in [2.05, 4.69) is 265 Å². The summed E-state index contributed by atoms with van der Waals surface area (Å²) in [5.41, 5.74) is 17.8. The summed E-state index contributed by atoms with van der Waals surface area (Å²) in [4.78, 5) is 10.5. The Bertz CT molecular complexity index is 4240. The van der Waals surface area contributed by atoms with Crippen LogP contribution in [0, 0.1) is 0 Å². The maximum Gasteiger partial charge on any atom is 0.160 e. The van der Waals surface area contributed by atoms with Gasteiger partial charge in [-0.25, -0.2) is 9.97 Å². The molecule has 0 N–H and O–H groups in total. The van der Waals surface area contributed by atoms with Crippen LogP contribution in [0.1, 0.15) is 0 Å². The molecule has 0 saturated carbocycles. The van der Waals surface area contributed by atoms with Crippen molar-refractivity contribution in [3.63, 3.8) is 0 Å². The molecule has 0 spiro atoms. The normalized spacial score (nSPS) is 11.6. The van der Waals surface area contributed by atoms with Gasteiger partial charge in [0.1, 0.15) is 0 Å². The van der Waals surface area contributed by atoms with Crippen molar-refractivity contribution in [2.75, 3.05) is 0 Å². The number of rotatable bonds is 8. The topological polar surface area (TPSA) is 30.7 Å². The highest BCUT2D eigenvalue weighted by atomic mass is 32.1. The molecule has 0 saturated heterocycles. The smallest absolute Gasteiger partial charge is 0.160 e. The molecule has 4 heteroatoms. The molecule has 14 aromatic rings. The van der Waals surface area contributed by atoms with Crippen molar-refractivity contribution in [3.8, 4) is 84.1 Å². The van der Waals surface area contributed by atoms with Gasteiger partial charge in [0, 0.05) is 53.3 Å². The lowest BCUT2D eigenvalue weighted by Gasteiger charge is -2.13. The number of fused-ring (bicyclic) bond motifs is 7. The molecule has 72 heavy (non-hydrogen) atoms. The van der Waals surface area contributed by atoms with Gasteiger partial charge in [-0.1, -0.05) is 194 Å². The van der Waals surface area contributed by atoms with Gasteiger partial charge in [-0.3, -0.25) is 0 Å². The molecule has 0 aliphatic carbocycles. The summed E-state index contributed by atoms with van der Waals surface area (Å²) in [6.45, 7) is 0. The lowest BCUT2D eigenvalue weighted by molar-refractivity contribution is 1.16. The number of benzene rings is 11. The first-order chi connectivity index (χ1) is 35.7. The molecule has 14 rings (SSSR count). The Morgan fingerprint density at radius 3 is 1.33 bits per heavy atom. The molecule has 3 heterocycles. The minimum atomic E-state index is 0.680.